The van der Waals surface area contributed by atoms with Crippen LogP contribution in [0.1, 0.15) is 10.5 Å². The van der Waals surface area contributed by atoms with Gasteiger partial charge in [0.05, 0.1) is 12.7 Å². The molecule has 1 aromatic heterocycles. The lowest BCUT2D eigenvalue weighted by Gasteiger charge is -1.99. The van der Waals surface area contributed by atoms with Gasteiger partial charge in [0, 0.05) is 13.1 Å². The Labute approximate surface area is 81.2 Å². The van der Waals surface area contributed by atoms with Crippen molar-refractivity contribution in [1.29, 1.82) is 0 Å². The highest BCUT2D eigenvalue weighted by atomic mass is 16.4. The molecule has 0 amide bonds. The normalized spacial score (nSPS) is 10.0. The Balaban J connectivity index is 2.36. The van der Waals surface area contributed by atoms with Crippen LogP contribution < -0.4 is 5.32 Å². The first-order valence-electron chi connectivity index (χ1n) is 4.19. The zero-order chi connectivity index (χ0) is 10.4. The van der Waals surface area contributed by atoms with Gasteiger partial charge in [-0.3, -0.25) is 4.68 Å². The second-order valence-corrected chi connectivity index (χ2v) is 2.66. The molecule has 0 saturated heterocycles. The van der Waals surface area contributed by atoms with Crippen molar-refractivity contribution in [3.8, 4) is 0 Å². The Hall–Kier alpha value is -1.69. The SMILES string of the molecule is C=CCNCCn1cc(C(=O)O)nn1. The van der Waals surface area contributed by atoms with Gasteiger partial charge in [-0.2, -0.15) is 0 Å². The van der Waals surface area contributed by atoms with Crippen LogP contribution in [0, 0.1) is 0 Å². The molecule has 6 heteroatoms. The standard InChI is InChI=1S/C8H12N4O2/c1-2-3-9-4-5-12-6-7(8(13)14)10-11-12/h2,6,9H,1,3-5H2,(H,13,14). The van der Waals surface area contributed by atoms with E-state index in [0.29, 0.717) is 13.1 Å². The first kappa shape index (κ1) is 10.4. The molecule has 0 aliphatic carbocycles. The lowest BCUT2D eigenvalue weighted by atomic mass is 10.5. The van der Waals surface area contributed by atoms with E-state index < -0.39 is 5.97 Å². The molecular weight excluding hydrogens is 184 g/mol. The van der Waals surface area contributed by atoms with Gasteiger partial charge in [0.25, 0.3) is 0 Å². The molecule has 0 unspecified atom stereocenters. The molecule has 0 fully saturated rings. The molecule has 76 valence electrons. The molecule has 0 spiro atoms. The van der Waals surface area contributed by atoms with Crippen molar-refractivity contribution in [1.82, 2.24) is 20.3 Å². The van der Waals surface area contributed by atoms with E-state index in [1.54, 1.807) is 6.08 Å². The van der Waals surface area contributed by atoms with Crippen LogP contribution in [0.4, 0.5) is 0 Å². The van der Waals surface area contributed by atoms with Crippen LogP contribution in [-0.2, 0) is 6.54 Å². The highest BCUT2D eigenvalue weighted by Gasteiger charge is 2.06. The lowest BCUT2D eigenvalue weighted by Crippen LogP contribution is -2.20. The van der Waals surface area contributed by atoms with Gasteiger partial charge in [0.15, 0.2) is 5.69 Å². The summed E-state index contributed by atoms with van der Waals surface area (Å²) < 4.78 is 1.49. The molecule has 0 bridgehead atoms. The number of nitrogens with zero attached hydrogens (tertiary/aromatic N) is 3. The molecule has 1 aromatic rings. The Bertz CT molecular complexity index is 321. The average molecular weight is 196 g/mol. The third kappa shape index (κ3) is 2.98. The van der Waals surface area contributed by atoms with Gasteiger partial charge >= 0.3 is 5.97 Å². The number of aromatic carboxylic acids is 1. The van der Waals surface area contributed by atoms with Gasteiger partial charge in [0.2, 0.25) is 0 Å². The number of carbonyl (C=O) groups is 1. The fourth-order valence-electron chi connectivity index (χ4n) is 0.903. The summed E-state index contributed by atoms with van der Waals surface area (Å²) in [7, 11) is 0. The molecule has 2 N–H and O–H groups in total. The molecule has 1 rings (SSSR count). The number of aromatic nitrogens is 3. The summed E-state index contributed by atoms with van der Waals surface area (Å²) in [6, 6.07) is 0. The highest BCUT2D eigenvalue weighted by molar-refractivity contribution is 5.84. The van der Waals surface area contributed by atoms with Crippen molar-refractivity contribution in [3.63, 3.8) is 0 Å². The summed E-state index contributed by atoms with van der Waals surface area (Å²) in [5.41, 5.74) is -0.0336. The van der Waals surface area contributed by atoms with Gasteiger partial charge in [-0.1, -0.05) is 11.3 Å². The van der Waals surface area contributed by atoms with E-state index in [1.165, 1.54) is 10.9 Å². The van der Waals surface area contributed by atoms with Gasteiger partial charge in [-0.25, -0.2) is 4.79 Å². The molecular formula is C8H12N4O2. The molecule has 0 saturated carbocycles. The molecule has 0 radical (unpaired) electrons. The number of carboxylic acid groups (broad SMARTS) is 1. The summed E-state index contributed by atoms with van der Waals surface area (Å²) >= 11 is 0. The molecule has 6 nitrogen and oxygen atoms in total. The summed E-state index contributed by atoms with van der Waals surface area (Å²) in [5, 5.41) is 18.8. The van der Waals surface area contributed by atoms with Gasteiger partial charge in [-0.15, -0.1) is 11.7 Å². The summed E-state index contributed by atoms with van der Waals surface area (Å²) in [5.74, 6) is -1.06. The van der Waals surface area contributed by atoms with Crippen LogP contribution >= 0.6 is 0 Å². The van der Waals surface area contributed by atoms with Gasteiger partial charge < -0.3 is 10.4 Å². The minimum absolute atomic E-state index is 0.0336. The number of carboxylic acids is 1. The predicted molar refractivity (Wildman–Crippen MR) is 50.0 cm³/mol. The predicted octanol–water partition coefficient (Wildman–Crippen LogP) is -0.248. The molecule has 0 aliphatic heterocycles. The van der Waals surface area contributed by atoms with Crippen molar-refractivity contribution in [2.45, 2.75) is 6.54 Å². The fraction of sp³-hybridized carbons (Fsp3) is 0.375. The first-order valence-corrected chi connectivity index (χ1v) is 4.19. The molecule has 0 atom stereocenters. The third-order valence-corrected chi connectivity index (χ3v) is 1.56. The minimum atomic E-state index is -1.06. The largest absolute Gasteiger partial charge is 0.476 e. The van der Waals surface area contributed by atoms with E-state index in [-0.39, 0.29) is 5.69 Å². The quantitative estimate of drug-likeness (QED) is 0.484. The number of nitrogens with one attached hydrogen (secondary N) is 1. The summed E-state index contributed by atoms with van der Waals surface area (Å²) in [6.45, 7) is 5.57. The zero-order valence-corrected chi connectivity index (χ0v) is 7.68. The Morgan fingerprint density at radius 1 is 1.79 bits per heavy atom. The van der Waals surface area contributed by atoms with E-state index in [4.69, 9.17) is 5.11 Å². The zero-order valence-electron chi connectivity index (χ0n) is 7.68. The minimum Gasteiger partial charge on any atom is -0.476 e. The molecule has 0 aliphatic rings. The fourth-order valence-corrected chi connectivity index (χ4v) is 0.903. The maximum Gasteiger partial charge on any atom is 0.358 e. The van der Waals surface area contributed by atoms with Crippen molar-refractivity contribution in [3.05, 3.63) is 24.5 Å². The lowest BCUT2D eigenvalue weighted by molar-refractivity contribution is 0.0690. The van der Waals surface area contributed by atoms with Crippen LogP contribution in [0.15, 0.2) is 18.9 Å². The smallest absolute Gasteiger partial charge is 0.358 e. The van der Waals surface area contributed by atoms with Gasteiger partial charge in [-0.05, 0) is 0 Å². The van der Waals surface area contributed by atoms with Gasteiger partial charge in [0.1, 0.15) is 0 Å². The van der Waals surface area contributed by atoms with Crippen LogP contribution in [0.5, 0.6) is 0 Å². The van der Waals surface area contributed by atoms with Crippen LogP contribution in [-0.4, -0.2) is 39.2 Å². The Morgan fingerprint density at radius 3 is 3.14 bits per heavy atom. The van der Waals surface area contributed by atoms with Crippen LogP contribution in [0.25, 0.3) is 0 Å². The molecule has 14 heavy (non-hydrogen) atoms. The van der Waals surface area contributed by atoms with Crippen LogP contribution in [0.2, 0.25) is 0 Å². The van der Waals surface area contributed by atoms with E-state index in [9.17, 15) is 4.79 Å². The summed E-state index contributed by atoms with van der Waals surface area (Å²) in [6.07, 6.45) is 3.15. The second-order valence-electron chi connectivity index (χ2n) is 2.66. The topological polar surface area (TPSA) is 80.0 Å². The van der Waals surface area contributed by atoms with Crippen LogP contribution in [0.3, 0.4) is 0 Å². The third-order valence-electron chi connectivity index (χ3n) is 1.56. The number of hydrogen-bond donors (Lipinski definition) is 2. The van der Waals surface area contributed by atoms with Crippen molar-refractivity contribution in [2.24, 2.45) is 0 Å². The monoisotopic (exact) mass is 196 g/mol. The Morgan fingerprint density at radius 2 is 2.57 bits per heavy atom. The molecule has 0 aromatic carbocycles. The Kier molecular flexibility index (Phi) is 3.81. The van der Waals surface area contributed by atoms with Crippen molar-refractivity contribution < 1.29 is 9.90 Å². The number of hydrogen-bond acceptors (Lipinski definition) is 4. The summed E-state index contributed by atoms with van der Waals surface area (Å²) in [4.78, 5) is 10.4. The maximum atomic E-state index is 10.4. The van der Waals surface area contributed by atoms with E-state index in [2.05, 4.69) is 22.2 Å². The van der Waals surface area contributed by atoms with E-state index in [1.807, 2.05) is 0 Å². The van der Waals surface area contributed by atoms with Crippen molar-refractivity contribution >= 4 is 5.97 Å². The number of rotatable bonds is 6. The maximum absolute atomic E-state index is 10.4. The van der Waals surface area contributed by atoms with Crippen molar-refractivity contribution in [2.75, 3.05) is 13.1 Å². The molecule has 1 heterocycles. The van der Waals surface area contributed by atoms with E-state index in [0.717, 1.165) is 6.54 Å². The highest BCUT2D eigenvalue weighted by Crippen LogP contribution is 1.91. The first-order chi connectivity index (χ1) is 6.74. The van der Waals surface area contributed by atoms with E-state index >= 15 is 0 Å². The average Bonchev–Trinajstić information content (AvgIpc) is 2.61. The second kappa shape index (κ2) is 5.13.